The van der Waals surface area contributed by atoms with Gasteiger partial charge in [-0.05, 0) is 73.6 Å². The number of carbonyl (C=O) groups is 1. The van der Waals surface area contributed by atoms with Crippen molar-refractivity contribution in [2.24, 2.45) is 0 Å². The highest BCUT2D eigenvalue weighted by Crippen LogP contribution is 2.28. The van der Waals surface area contributed by atoms with Crippen LogP contribution in [0.3, 0.4) is 0 Å². The second-order valence-electron chi connectivity index (χ2n) is 11.4. The fraction of sp³-hybridized carbons (Fsp3) is 0.206. The number of pyridine rings is 2. The highest BCUT2D eigenvalue weighted by atomic mass is 19.1. The van der Waals surface area contributed by atoms with Crippen LogP contribution < -0.4 is 16.6 Å². The van der Waals surface area contributed by atoms with E-state index in [1.807, 2.05) is 42.5 Å². The lowest BCUT2D eigenvalue weighted by atomic mass is 9.90. The SMILES string of the molecule is O=C(NC1CCC(n2c(=O)c3cc(F)cnc3n(-c3ccc(Cc4ccccc4)cc3)c2=O)CC1)c1cn2cc(F)ccc2n1. The average Bonchev–Trinajstić information content (AvgIpc) is 3.47. The molecule has 0 atom stereocenters. The second-order valence-corrected chi connectivity index (χ2v) is 11.4. The Balaban J connectivity index is 1.15. The third kappa shape index (κ3) is 5.52. The highest BCUT2D eigenvalue weighted by Gasteiger charge is 2.28. The first-order chi connectivity index (χ1) is 21.8. The zero-order valence-corrected chi connectivity index (χ0v) is 24.1. The van der Waals surface area contributed by atoms with Gasteiger partial charge in [0.2, 0.25) is 0 Å². The summed E-state index contributed by atoms with van der Waals surface area (Å²) in [5.41, 5.74) is 2.28. The normalized spacial score (nSPS) is 16.7. The molecule has 0 spiro atoms. The Morgan fingerprint density at radius 3 is 2.36 bits per heavy atom. The van der Waals surface area contributed by atoms with Gasteiger partial charge in [0.25, 0.3) is 11.5 Å². The molecule has 0 unspecified atom stereocenters. The summed E-state index contributed by atoms with van der Waals surface area (Å²) in [7, 11) is 0. The number of nitrogens with one attached hydrogen (secondary N) is 1. The van der Waals surface area contributed by atoms with E-state index in [1.54, 1.807) is 12.1 Å². The molecule has 4 aromatic heterocycles. The quantitative estimate of drug-likeness (QED) is 0.288. The minimum absolute atomic E-state index is 0.0154. The molecule has 0 bridgehead atoms. The molecule has 1 N–H and O–H groups in total. The standard InChI is InChI=1S/C34H28F2N6O3/c35-23-8-15-30-39-29(20-40(30)19-23)32(43)38-25-9-13-27(14-10-25)42-33(44)28-17-24(36)18-37-31(28)41(34(42)45)26-11-6-22(7-12-26)16-21-4-2-1-3-5-21/h1-8,11-12,15,17-20,25,27H,9-10,13-14,16H2,(H,38,43). The summed E-state index contributed by atoms with van der Waals surface area (Å²) >= 11 is 0. The summed E-state index contributed by atoms with van der Waals surface area (Å²) in [5.74, 6) is -1.49. The van der Waals surface area contributed by atoms with Gasteiger partial charge in [-0.15, -0.1) is 0 Å². The minimum atomic E-state index is -0.671. The van der Waals surface area contributed by atoms with Crippen molar-refractivity contribution in [1.82, 2.24) is 28.8 Å². The number of imidazole rings is 1. The average molecular weight is 607 g/mol. The van der Waals surface area contributed by atoms with Gasteiger partial charge in [-0.3, -0.25) is 14.2 Å². The van der Waals surface area contributed by atoms with Gasteiger partial charge in [0.15, 0.2) is 5.65 Å². The lowest BCUT2D eigenvalue weighted by Gasteiger charge is -2.30. The molecule has 2 aromatic carbocycles. The first-order valence-corrected chi connectivity index (χ1v) is 14.8. The van der Waals surface area contributed by atoms with E-state index in [1.165, 1.54) is 38.1 Å². The van der Waals surface area contributed by atoms with Gasteiger partial charge >= 0.3 is 5.69 Å². The molecule has 4 heterocycles. The smallest absolute Gasteiger partial charge is 0.337 e. The van der Waals surface area contributed by atoms with Gasteiger partial charge < -0.3 is 9.72 Å². The molecule has 1 amide bonds. The summed E-state index contributed by atoms with van der Waals surface area (Å²) < 4.78 is 31.9. The van der Waals surface area contributed by atoms with Crippen LogP contribution in [-0.4, -0.2) is 35.5 Å². The van der Waals surface area contributed by atoms with Crippen molar-refractivity contribution in [3.05, 3.63) is 141 Å². The molecule has 1 saturated carbocycles. The summed E-state index contributed by atoms with van der Waals surface area (Å²) in [5, 5.41) is 2.99. The lowest BCUT2D eigenvalue weighted by molar-refractivity contribution is 0.0917. The predicted molar refractivity (Wildman–Crippen MR) is 165 cm³/mol. The minimum Gasteiger partial charge on any atom is -0.348 e. The molecule has 0 saturated heterocycles. The van der Waals surface area contributed by atoms with E-state index < -0.39 is 28.9 Å². The molecule has 9 nitrogen and oxygen atoms in total. The van der Waals surface area contributed by atoms with E-state index in [2.05, 4.69) is 15.3 Å². The highest BCUT2D eigenvalue weighted by molar-refractivity contribution is 5.93. The van der Waals surface area contributed by atoms with Crippen LogP contribution >= 0.6 is 0 Å². The zero-order chi connectivity index (χ0) is 31.1. The summed E-state index contributed by atoms with van der Waals surface area (Å²) in [6, 6.07) is 20.7. The van der Waals surface area contributed by atoms with Gasteiger partial charge in [0.1, 0.15) is 23.0 Å². The van der Waals surface area contributed by atoms with E-state index in [-0.39, 0.29) is 28.7 Å². The number of halogens is 2. The Morgan fingerprint density at radius 2 is 1.60 bits per heavy atom. The van der Waals surface area contributed by atoms with Crippen LogP contribution in [0.2, 0.25) is 0 Å². The fourth-order valence-electron chi connectivity index (χ4n) is 6.14. The molecule has 1 aliphatic carbocycles. The maximum atomic E-state index is 14.3. The van der Waals surface area contributed by atoms with Crippen molar-refractivity contribution in [1.29, 1.82) is 0 Å². The van der Waals surface area contributed by atoms with E-state index in [0.29, 0.717) is 37.0 Å². The molecule has 7 rings (SSSR count). The first kappa shape index (κ1) is 28.3. The molecule has 6 aromatic rings. The molecule has 0 aliphatic heterocycles. The van der Waals surface area contributed by atoms with Crippen molar-refractivity contribution in [2.75, 3.05) is 0 Å². The van der Waals surface area contributed by atoms with E-state index in [9.17, 15) is 23.2 Å². The number of rotatable bonds is 6. The Labute approximate surface area is 255 Å². The second kappa shape index (κ2) is 11.6. The molecule has 1 fully saturated rings. The van der Waals surface area contributed by atoms with Crippen LogP contribution in [0.1, 0.15) is 53.3 Å². The summed E-state index contributed by atoms with van der Waals surface area (Å²) in [6.45, 7) is 0. The monoisotopic (exact) mass is 606 g/mol. The third-order valence-electron chi connectivity index (χ3n) is 8.38. The van der Waals surface area contributed by atoms with Crippen LogP contribution in [0.4, 0.5) is 8.78 Å². The molecule has 45 heavy (non-hydrogen) atoms. The van der Waals surface area contributed by atoms with Crippen LogP contribution in [0.5, 0.6) is 0 Å². The molecular formula is C34H28F2N6O3. The predicted octanol–water partition coefficient (Wildman–Crippen LogP) is 4.98. The summed E-state index contributed by atoms with van der Waals surface area (Å²) in [6.07, 6.45) is 6.35. The summed E-state index contributed by atoms with van der Waals surface area (Å²) in [4.78, 5) is 48.9. The van der Waals surface area contributed by atoms with Gasteiger partial charge in [0.05, 0.1) is 17.3 Å². The number of aromatic nitrogens is 5. The topological polar surface area (TPSA) is 103 Å². The van der Waals surface area contributed by atoms with Crippen LogP contribution in [0.15, 0.2) is 101 Å². The Hall–Kier alpha value is -5.45. The van der Waals surface area contributed by atoms with E-state index in [4.69, 9.17) is 0 Å². The molecule has 0 radical (unpaired) electrons. The van der Waals surface area contributed by atoms with E-state index in [0.717, 1.165) is 29.8 Å². The number of nitrogens with zero attached hydrogens (tertiary/aromatic N) is 5. The lowest BCUT2D eigenvalue weighted by Crippen LogP contribution is -2.45. The Morgan fingerprint density at radius 1 is 0.867 bits per heavy atom. The molecule has 226 valence electrons. The molecule has 1 aliphatic rings. The maximum absolute atomic E-state index is 14.3. The number of hydrogen-bond donors (Lipinski definition) is 1. The Bertz CT molecular complexity index is 2170. The number of carbonyl (C=O) groups excluding carboxylic acids is 1. The van der Waals surface area contributed by atoms with Crippen molar-refractivity contribution in [2.45, 2.75) is 44.2 Å². The number of benzene rings is 2. The van der Waals surface area contributed by atoms with Crippen LogP contribution in [0, 0.1) is 11.6 Å². The van der Waals surface area contributed by atoms with Crippen LogP contribution in [-0.2, 0) is 6.42 Å². The molecular weight excluding hydrogens is 578 g/mol. The Kier molecular flexibility index (Phi) is 7.28. The van der Waals surface area contributed by atoms with Gasteiger partial charge in [-0.25, -0.2) is 28.1 Å². The number of amides is 1. The van der Waals surface area contributed by atoms with E-state index >= 15 is 0 Å². The zero-order valence-electron chi connectivity index (χ0n) is 24.1. The first-order valence-electron chi connectivity index (χ1n) is 14.8. The van der Waals surface area contributed by atoms with Crippen molar-refractivity contribution in [3.63, 3.8) is 0 Å². The number of fused-ring (bicyclic) bond motifs is 2. The fourth-order valence-corrected chi connectivity index (χ4v) is 6.14. The largest absolute Gasteiger partial charge is 0.348 e. The molecule has 11 heteroatoms. The van der Waals surface area contributed by atoms with Gasteiger partial charge in [-0.2, -0.15) is 0 Å². The number of hydrogen-bond acceptors (Lipinski definition) is 5. The third-order valence-corrected chi connectivity index (χ3v) is 8.38. The van der Waals surface area contributed by atoms with Crippen molar-refractivity contribution >= 4 is 22.6 Å². The van der Waals surface area contributed by atoms with Gasteiger partial charge in [-0.1, -0.05) is 42.5 Å². The van der Waals surface area contributed by atoms with Crippen molar-refractivity contribution < 1.29 is 13.6 Å². The van der Waals surface area contributed by atoms with Gasteiger partial charge in [0, 0.05) is 24.5 Å². The van der Waals surface area contributed by atoms with Crippen molar-refractivity contribution in [3.8, 4) is 5.69 Å². The maximum Gasteiger partial charge on any atom is 0.337 e. The van der Waals surface area contributed by atoms with Crippen LogP contribution in [0.25, 0.3) is 22.4 Å².